The van der Waals surface area contributed by atoms with E-state index in [1.807, 2.05) is 55.5 Å². The average molecular weight is 384 g/mol. The topological polar surface area (TPSA) is 72.8 Å². The van der Waals surface area contributed by atoms with Gasteiger partial charge in [0.25, 0.3) is 0 Å². The molecule has 2 aromatic carbocycles. The largest absolute Gasteiger partial charge is 0.489 e. The molecule has 0 amide bonds. The number of hydrogen-bond donors (Lipinski definition) is 1. The lowest BCUT2D eigenvalue weighted by Crippen LogP contribution is -2.45. The van der Waals surface area contributed by atoms with Gasteiger partial charge in [-0.05, 0) is 36.6 Å². The second kappa shape index (κ2) is 9.93. The number of esters is 1. The molecule has 5 heteroatoms. The molecule has 0 radical (unpaired) electrons. The number of benzene rings is 2. The Hall–Kier alpha value is -2.82. The SMILES string of the molecule is CCCC(C(=O)O)(C(=O)OCC)C(C)c1cccc(OCc2ccccc2)c1. The van der Waals surface area contributed by atoms with Crippen molar-refractivity contribution >= 4 is 11.9 Å². The van der Waals surface area contributed by atoms with Gasteiger partial charge in [0.15, 0.2) is 5.41 Å². The normalized spacial score (nSPS) is 14.0. The van der Waals surface area contributed by atoms with E-state index in [1.54, 1.807) is 19.9 Å². The first-order valence-electron chi connectivity index (χ1n) is 9.63. The van der Waals surface area contributed by atoms with Gasteiger partial charge in [-0.3, -0.25) is 9.59 Å². The fourth-order valence-electron chi connectivity index (χ4n) is 3.43. The highest BCUT2D eigenvalue weighted by Crippen LogP contribution is 2.42. The summed E-state index contributed by atoms with van der Waals surface area (Å²) in [5.74, 6) is -1.78. The molecule has 0 aliphatic heterocycles. The standard InChI is InChI=1S/C23H28O5/c1-4-14-23(21(24)25,22(26)27-5-2)17(3)19-12-9-13-20(15-19)28-16-18-10-7-6-8-11-18/h6-13,15,17H,4-5,14,16H2,1-3H3,(H,24,25). The van der Waals surface area contributed by atoms with Gasteiger partial charge in [-0.25, -0.2) is 0 Å². The van der Waals surface area contributed by atoms with Crippen LogP contribution in [0.3, 0.4) is 0 Å². The quantitative estimate of drug-likeness (QED) is 0.470. The number of carbonyl (C=O) groups excluding carboxylic acids is 1. The summed E-state index contributed by atoms with van der Waals surface area (Å²) in [6.07, 6.45) is 0.761. The molecule has 0 bridgehead atoms. The Morgan fingerprint density at radius 2 is 1.79 bits per heavy atom. The van der Waals surface area contributed by atoms with Crippen molar-refractivity contribution in [3.8, 4) is 5.75 Å². The maximum absolute atomic E-state index is 12.7. The van der Waals surface area contributed by atoms with E-state index in [2.05, 4.69) is 0 Å². The summed E-state index contributed by atoms with van der Waals surface area (Å²) >= 11 is 0. The van der Waals surface area contributed by atoms with Gasteiger partial charge < -0.3 is 14.6 Å². The Kier molecular flexibility index (Phi) is 7.61. The van der Waals surface area contributed by atoms with Crippen molar-refractivity contribution in [1.82, 2.24) is 0 Å². The molecule has 2 rings (SSSR count). The first-order valence-corrected chi connectivity index (χ1v) is 9.63. The first kappa shape index (κ1) is 21.5. The van der Waals surface area contributed by atoms with Gasteiger partial charge in [-0.15, -0.1) is 0 Å². The Balaban J connectivity index is 2.30. The molecule has 0 heterocycles. The summed E-state index contributed by atoms with van der Waals surface area (Å²) in [7, 11) is 0. The zero-order chi connectivity index (χ0) is 20.6. The van der Waals surface area contributed by atoms with E-state index in [-0.39, 0.29) is 13.0 Å². The van der Waals surface area contributed by atoms with Gasteiger partial charge in [0.1, 0.15) is 12.4 Å². The van der Waals surface area contributed by atoms with Crippen LogP contribution in [0.25, 0.3) is 0 Å². The molecule has 0 saturated carbocycles. The number of rotatable bonds is 10. The highest BCUT2D eigenvalue weighted by atomic mass is 16.5. The predicted octanol–water partition coefficient (Wildman–Crippen LogP) is 4.80. The molecule has 0 aliphatic rings. The van der Waals surface area contributed by atoms with Crippen LogP contribution in [0.2, 0.25) is 0 Å². The van der Waals surface area contributed by atoms with E-state index in [0.29, 0.717) is 18.8 Å². The fourth-order valence-corrected chi connectivity index (χ4v) is 3.43. The van der Waals surface area contributed by atoms with Crippen LogP contribution in [0.5, 0.6) is 5.75 Å². The lowest BCUT2D eigenvalue weighted by atomic mass is 9.70. The number of hydrogen-bond acceptors (Lipinski definition) is 4. The summed E-state index contributed by atoms with van der Waals surface area (Å²) in [5, 5.41) is 9.97. The Morgan fingerprint density at radius 3 is 2.39 bits per heavy atom. The molecule has 2 atom stereocenters. The third-order valence-electron chi connectivity index (χ3n) is 5.01. The number of carboxylic acid groups (broad SMARTS) is 1. The minimum atomic E-state index is -1.62. The van der Waals surface area contributed by atoms with Crippen LogP contribution in [0.1, 0.15) is 50.7 Å². The zero-order valence-corrected chi connectivity index (χ0v) is 16.7. The van der Waals surface area contributed by atoms with E-state index in [9.17, 15) is 14.7 Å². The minimum absolute atomic E-state index is 0.143. The van der Waals surface area contributed by atoms with Crippen LogP contribution in [0.15, 0.2) is 54.6 Å². The highest BCUT2D eigenvalue weighted by Gasteiger charge is 2.51. The molecule has 2 aromatic rings. The van der Waals surface area contributed by atoms with Crippen LogP contribution in [0.4, 0.5) is 0 Å². The third kappa shape index (κ3) is 4.71. The van der Waals surface area contributed by atoms with Crippen LogP contribution in [0, 0.1) is 5.41 Å². The van der Waals surface area contributed by atoms with Crippen LogP contribution in [-0.2, 0) is 20.9 Å². The lowest BCUT2D eigenvalue weighted by molar-refractivity contribution is -0.171. The van der Waals surface area contributed by atoms with Gasteiger partial charge in [-0.2, -0.15) is 0 Å². The Morgan fingerprint density at radius 1 is 1.07 bits per heavy atom. The number of carbonyl (C=O) groups is 2. The molecule has 5 nitrogen and oxygen atoms in total. The first-order chi connectivity index (χ1) is 13.5. The molecule has 28 heavy (non-hydrogen) atoms. The minimum Gasteiger partial charge on any atom is -0.489 e. The molecule has 0 spiro atoms. The summed E-state index contributed by atoms with van der Waals surface area (Å²) in [6, 6.07) is 17.1. The molecule has 1 N–H and O–H groups in total. The number of carboxylic acids is 1. The zero-order valence-electron chi connectivity index (χ0n) is 16.7. The van der Waals surface area contributed by atoms with Gasteiger partial charge >= 0.3 is 11.9 Å². The van der Waals surface area contributed by atoms with E-state index >= 15 is 0 Å². The van der Waals surface area contributed by atoms with Crippen LogP contribution >= 0.6 is 0 Å². The molecule has 2 unspecified atom stereocenters. The van der Waals surface area contributed by atoms with Gasteiger partial charge in [-0.1, -0.05) is 62.7 Å². The molecular formula is C23H28O5. The third-order valence-corrected chi connectivity index (χ3v) is 5.01. The van der Waals surface area contributed by atoms with Crippen molar-refractivity contribution in [1.29, 1.82) is 0 Å². The maximum atomic E-state index is 12.7. The van der Waals surface area contributed by atoms with Gasteiger partial charge in [0, 0.05) is 5.92 Å². The average Bonchev–Trinajstić information content (AvgIpc) is 2.71. The number of ether oxygens (including phenoxy) is 2. The van der Waals surface area contributed by atoms with E-state index in [0.717, 1.165) is 11.1 Å². The van der Waals surface area contributed by atoms with Crippen molar-refractivity contribution in [3.05, 3.63) is 65.7 Å². The summed E-state index contributed by atoms with van der Waals surface area (Å²) in [4.78, 5) is 24.9. The van der Waals surface area contributed by atoms with Crippen molar-refractivity contribution in [2.45, 2.75) is 46.1 Å². The summed E-state index contributed by atoms with van der Waals surface area (Å²) in [5.41, 5.74) is 0.149. The fraction of sp³-hybridized carbons (Fsp3) is 0.391. The Bertz CT molecular complexity index is 787. The van der Waals surface area contributed by atoms with Crippen molar-refractivity contribution in [2.75, 3.05) is 6.61 Å². The van der Waals surface area contributed by atoms with E-state index in [1.165, 1.54) is 0 Å². The molecule has 0 fully saturated rings. The van der Waals surface area contributed by atoms with Crippen LogP contribution in [-0.4, -0.2) is 23.7 Å². The predicted molar refractivity (Wildman–Crippen MR) is 107 cm³/mol. The monoisotopic (exact) mass is 384 g/mol. The van der Waals surface area contributed by atoms with Gasteiger partial charge in [0.2, 0.25) is 0 Å². The Labute approximate surface area is 166 Å². The smallest absolute Gasteiger partial charge is 0.324 e. The molecular weight excluding hydrogens is 356 g/mol. The summed E-state index contributed by atoms with van der Waals surface area (Å²) < 4.78 is 11.0. The molecule has 0 aliphatic carbocycles. The second-order valence-electron chi connectivity index (χ2n) is 6.82. The highest BCUT2D eigenvalue weighted by molar-refractivity contribution is 6.00. The molecule has 0 aromatic heterocycles. The van der Waals surface area contributed by atoms with Crippen molar-refractivity contribution in [2.24, 2.45) is 5.41 Å². The van der Waals surface area contributed by atoms with Crippen LogP contribution < -0.4 is 4.74 Å². The maximum Gasteiger partial charge on any atom is 0.324 e. The van der Waals surface area contributed by atoms with Crippen molar-refractivity contribution < 1.29 is 24.2 Å². The van der Waals surface area contributed by atoms with Crippen molar-refractivity contribution in [3.63, 3.8) is 0 Å². The molecule has 0 saturated heterocycles. The van der Waals surface area contributed by atoms with E-state index in [4.69, 9.17) is 9.47 Å². The second-order valence-corrected chi connectivity index (χ2v) is 6.82. The van der Waals surface area contributed by atoms with E-state index < -0.39 is 23.3 Å². The number of aliphatic carboxylic acids is 1. The molecule has 150 valence electrons. The summed E-state index contributed by atoms with van der Waals surface area (Å²) in [6.45, 7) is 5.86. The van der Waals surface area contributed by atoms with Gasteiger partial charge in [0.05, 0.1) is 6.61 Å². The lowest BCUT2D eigenvalue weighted by Gasteiger charge is -2.33.